The first-order valence-electron chi connectivity index (χ1n) is 11.9. The van der Waals surface area contributed by atoms with Crippen LogP contribution in [0.4, 0.5) is 0 Å². The van der Waals surface area contributed by atoms with Gasteiger partial charge >= 0.3 is 5.97 Å². The van der Waals surface area contributed by atoms with Crippen molar-refractivity contribution in [1.82, 2.24) is 9.80 Å². The molecule has 0 radical (unpaired) electrons. The molecule has 1 fully saturated rings. The van der Waals surface area contributed by atoms with Crippen molar-refractivity contribution >= 4 is 33.7 Å². The number of ether oxygens (including phenoxy) is 2. The van der Waals surface area contributed by atoms with Crippen LogP contribution in [0.25, 0.3) is 0 Å². The molecule has 0 amide bonds. The molecule has 0 unspecified atom stereocenters. The molecule has 3 aromatic carbocycles. The molecular formula is C28H31BrN2O3S. The lowest BCUT2D eigenvalue weighted by atomic mass is 10.2. The van der Waals surface area contributed by atoms with Gasteiger partial charge in [0.2, 0.25) is 0 Å². The summed E-state index contributed by atoms with van der Waals surface area (Å²) in [4.78, 5) is 19.0. The number of rotatable bonds is 10. The van der Waals surface area contributed by atoms with Gasteiger partial charge in [0.05, 0.1) is 19.3 Å². The minimum absolute atomic E-state index is 0.320. The summed E-state index contributed by atoms with van der Waals surface area (Å²) in [5, 5.41) is 0. The smallest absolute Gasteiger partial charge is 0.339 e. The third kappa shape index (κ3) is 7.84. The van der Waals surface area contributed by atoms with E-state index in [-0.39, 0.29) is 5.97 Å². The summed E-state index contributed by atoms with van der Waals surface area (Å²) in [5.41, 5.74) is 1.95. The van der Waals surface area contributed by atoms with Crippen LogP contribution in [0.1, 0.15) is 22.3 Å². The number of hydrogen-bond acceptors (Lipinski definition) is 6. The second kappa shape index (κ2) is 13.1. The van der Waals surface area contributed by atoms with E-state index in [1.54, 1.807) is 17.8 Å². The van der Waals surface area contributed by atoms with Gasteiger partial charge in [-0.05, 0) is 60.5 Å². The first-order valence-corrected chi connectivity index (χ1v) is 13.5. The quantitative estimate of drug-likeness (QED) is 0.227. The number of hydrogen-bond donors (Lipinski definition) is 0. The number of esters is 1. The maximum Gasteiger partial charge on any atom is 0.339 e. The first kappa shape index (κ1) is 25.8. The van der Waals surface area contributed by atoms with Crippen molar-refractivity contribution in [1.29, 1.82) is 0 Å². The highest BCUT2D eigenvalue weighted by molar-refractivity contribution is 9.10. The molecule has 35 heavy (non-hydrogen) atoms. The van der Waals surface area contributed by atoms with Crippen molar-refractivity contribution in [2.45, 2.75) is 22.8 Å². The fourth-order valence-corrected chi connectivity index (χ4v) is 5.26. The van der Waals surface area contributed by atoms with E-state index in [4.69, 9.17) is 9.47 Å². The molecule has 0 saturated carbocycles. The fraction of sp³-hybridized carbons (Fsp3) is 0.321. The second-order valence-electron chi connectivity index (χ2n) is 8.51. The summed E-state index contributed by atoms with van der Waals surface area (Å²) < 4.78 is 12.0. The average molecular weight is 556 g/mol. The maximum atomic E-state index is 12.0. The van der Waals surface area contributed by atoms with E-state index in [9.17, 15) is 4.79 Å². The summed E-state index contributed by atoms with van der Waals surface area (Å²) in [6.45, 7) is 7.21. The molecule has 0 bridgehead atoms. The normalized spacial score (nSPS) is 14.6. The standard InChI is InChI=1S/C28H31BrN2O3S/c1-33-28(32)26-5-2-3-6-27(26)35-25-13-11-24(12-14-25)34-20-4-15-30-16-18-31(19-17-30)21-22-7-9-23(29)10-8-22/h2-3,5-14H,4,15-21H2,1H3. The van der Waals surface area contributed by atoms with Crippen LogP contribution in [0.5, 0.6) is 5.75 Å². The van der Waals surface area contributed by atoms with Crippen molar-refractivity contribution in [2.24, 2.45) is 0 Å². The van der Waals surface area contributed by atoms with Gasteiger partial charge in [-0.1, -0.05) is 52.0 Å². The summed E-state index contributed by atoms with van der Waals surface area (Å²) in [5.74, 6) is 0.550. The fourth-order valence-electron chi connectivity index (χ4n) is 4.06. The molecule has 0 spiro atoms. The number of nitrogens with zero attached hydrogens (tertiary/aromatic N) is 2. The molecular weight excluding hydrogens is 524 g/mol. The molecule has 0 aliphatic carbocycles. The van der Waals surface area contributed by atoms with Gasteiger partial charge in [-0.3, -0.25) is 4.90 Å². The molecule has 1 heterocycles. The van der Waals surface area contributed by atoms with Gasteiger partial charge in [-0.25, -0.2) is 4.79 Å². The molecule has 0 aromatic heterocycles. The number of piperazine rings is 1. The largest absolute Gasteiger partial charge is 0.494 e. The van der Waals surface area contributed by atoms with E-state index < -0.39 is 0 Å². The third-order valence-electron chi connectivity index (χ3n) is 6.02. The molecule has 184 valence electrons. The highest BCUT2D eigenvalue weighted by Crippen LogP contribution is 2.31. The zero-order valence-corrected chi connectivity index (χ0v) is 22.4. The Morgan fingerprint density at radius 1 is 0.914 bits per heavy atom. The van der Waals surface area contributed by atoms with Crippen LogP contribution < -0.4 is 4.74 Å². The molecule has 4 rings (SSSR count). The SMILES string of the molecule is COC(=O)c1ccccc1Sc1ccc(OCCCN2CCN(Cc3ccc(Br)cc3)CC2)cc1. The van der Waals surface area contributed by atoms with E-state index in [2.05, 4.69) is 50.0 Å². The van der Waals surface area contributed by atoms with Crippen LogP contribution in [0, 0.1) is 0 Å². The topological polar surface area (TPSA) is 42.0 Å². The van der Waals surface area contributed by atoms with Crippen molar-refractivity contribution in [3.05, 3.63) is 88.4 Å². The maximum absolute atomic E-state index is 12.0. The van der Waals surface area contributed by atoms with Gasteiger partial charge in [0.15, 0.2) is 0 Å². The van der Waals surface area contributed by atoms with Crippen LogP contribution in [0.15, 0.2) is 87.1 Å². The molecule has 1 aliphatic heterocycles. The van der Waals surface area contributed by atoms with E-state index in [0.29, 0.717) is 12.2 Å². The third-order valence-corrected chi connectivity index (χ3v) is 7.63. The van der Waals surface area contributed by atoms with Crippen molar-refractivity contribution < 1.29 is 14.3 Å². The van der Waals surface area contributed by atoms with Gasteiger partial charge in [0.1, 0.15) is 5.75 Å². The summed E-state index contributed by atoms with van der Waals surface area (Å²) in [6.07, 6.45) is 1.01. The highest BCUT2D eigenvalue weighted by atomic mass is 79.9. The van der Waals surface area contributed by atoms with Crippen LogP contribution in [0.2, 0.25) is 0 Å². The number of methoxy groups -OCH3 is 1. The Balaban J connectivity index is 1.15. The highest BCUT2D eigenvalue weighted by Gasteiger charge is 2.16. The minimum atomic E-state index is -0.320. The Hall–Kier alpha value is -2.32. The van der Waals surface area contributed by atoms with Gasteiger partial charge in [0.25, 0.3) is 0 Å². The average Bonchev–Trinajstić information content (AvgIpc) is 2.90. The van der Waals surface area contributed by atoms with E-state index in [1.807, 2.05) is 42.5 Å². The van der Waals surface area contributed by atoms with E-state index in [0.717, 1.165) is 65.7 Å². The Morgan fingerprint density at radius 3 is 2.31 bits per heavy atom. The Bertz CT molecular complexity index is 1080. The van der Waals surface area contributed by atoms with Crippen LogP contribution >= 0.6 is 27.7 Å². The monoisotopic (exact) mass is 554 g/mol. The van der Waals surface area contributed by atoms with Crippen LogP contribution in [-0.2, 0) is 11.3 Å². The minimum Gasteiger partial charge on any atom is -0.494 e. The van der Waals surface area contributed by atoms with Gasteiger partial charge in [-0.15, -0.1) is 0 Å². The van der Waals surface area contributed by atoms with Crippen LogP contribution in [0.3, 0.4) is 0 Å². The molecule has 0 N–H and O–H groups in total. The zero-order chi connectivity index (χ0) is 24.5. The number of carbonyl (C=O) groups excluding carboxylic acids is 1. The van der Waals surface area contributed by atoms with Crippen molar-refractivity contribution in [3.63, 3.8) is 0 Å². The Kier molecular flexibility index (Phi) is 9.66. The summed E-state index contributed by atoms with van der Waals surface area (Å²) in [7, 11) is 1.40. The molecule has 1 saturated heterocycles. The molecule has 3 aromatic rings. The molecule has 1 aliphatic rings. The lowest BCUT2D eigenvalue weighted by Crippen LogP contribution is -2.46. The molecule has 5 nitrogen and oxygen atoms in total. The predicted molar refractivity (Wildman–Crippen MR) is 144 cm³/mol. The molecule has 0 atom stereocenters. The predicted octanol–water partition coefficient (Wildman–Crippen LogP) is 5.97. The number of benzene rings is 3. The van der Waals surface area contributed by atoms with Crippen molar-refractivity contribution in [3.8, 4) is 5.75 Å². The van der Waals surface area contributed by atoms with Gasteiger partial charge in [0, 0.05) is 53.5 Å². The Labute approximate surface area is 220 Å². The lowest BCUT2D eigenvalue weighted by molar-refractivity contribution is 0.0597. The second-order valence-corrected chi connectivity index (χ2v) is 10.5. The lowest BCUT2D eigenvalue weighted by Gasteiger charge is -2.34. The van der Waals surface area contributed by atoms with Gasteiger partial charge < -0.3 is 14.4 Å². The van der Waals surface area contributed by atoms with Gasteiger partial charge in [-0.2, -0.15) is 0 Å². The van der Waals surface area contributed by atoms with E-state index in [1.165, 1.54) is 12.7 Å². The number of halogens is 1. The first-order chi connectivity index (χ1) is 17.1. The van der Waals surface area contributed by atoms with Crippen LogP contribution in [-0.4, -0.2) is 62.2 Å². The zero-order valence-electron chi connectivity index (χ0n) is 20.0. The van der Waals surface area contributed by atoms with E-state index >= 15 is 0 Å². The summed E-state index contributed by atoms with van der Waals surface area (Å²) >= 11 is 5.05. The van der Waals surface area contributed by atoms with Crippen molar-refractivity contribution in [2.75, 3.05) is 46.4 Å². The summed E-state index contributed by atoms with van der Waals surface area (Å²) in [6, 6.07) is 24.1. The number of carbonyl (C=O) groups is 1. The Morgan fingerprint density at radius 2 is 1.60 bits per heavy atom. The molecule has 7 heteroatoms.